The minimum Gasteiger partial charge on any atom is -0.481 e. The quantitative estimate of drug-likeness (QED) is 0.444. The maximum absolute atomic E-state index is 12.7. The highest BCUT2D eigenvalue weighted by atomic mass is 16.5. The van der Waals surface area contributed by atoms with Crippen molar-refractivity contribution in [1.29, 1.82) is 0 Å². The van der Waals surface area contributed by atoms with Crippen molar-refractivity contribution in [2.24, 2.45) is 5.41 Å². The lowest BCUT2D eigenvalue weighted by Crippen LogP contribution is -2.50. The Hall–Kier alpha value is -3.88. The van der Waals surface area contributed by atoms with Gasteiger partial charge in [0.05, 0.1) is 12.5 Å². The molecule has 186 valence electrons. The molecule has 0 fully saturated rings. The van der Waals surface area contributed by atoms with E-state index in [1.807, 2.05) is 48.5 Å². The van der Waals surface area contributed by atoms with E-state index in [9.17, 15) is 19.2 Å². The third-order valence-electron chi connectivity index (χ3n) is 6.04. The van der Waals surface area contributed by atoms with Gasteiger partial charge in [0.25, 0.3) is 0 Å². The van der Waals surface area contributed by atoms with Crippen molar-refractivity contribution >= 4 is 23.9 Å². The van der Waals surface area contributed by atoms with E-state index in [-0.39, 0.29) is 31.9 Å². The van der Waals surface area contributed by atoms with Crippen molar-refractivity contribution in [3.8, 4) is 11.1 Å². The molecule has 3 rings (SSSR count). The fraction of sp³-hybridized carbons (Fsp3) is 0.385. The van der Waals surface area contributed by atoms with Crippen molar-refractivity contribution in [3.63, 3.8) is 0 Å². The second kappa shape index (κ2) is 11.0. The number of rotatable bonds is 10. The monoisotopic (exact) mass is 482 g/mol. The number of methoxy groups -OCH3 is 1. The minimum absolute atomic E-state index is 0.0472. The van der Waals surface area contributed by atoms with Crippen LogP contribution in [0.3, 0.4) is 0 Å². The van der Waals surface area contributed by atoms with Crippen LogP contribution >= 0.6 is 0 Å². The molecule has 9 nitrogen and oxygen atoms in total. The summed E-state index contributed by atoms with van der Waals surface area (Å²) in [5.74, 6) is -2.38. The van der Waals surface area contributed by atoms with E-state index in [4.69, 9.17) is 14.6 Å². The lowest BCUT2D eigenvalue weighted by Gasteiger charge is -2.24. The molecule has 0 spiro atoms. The molecule has 2 amide bonds. The number of carboxylic acids is 1. The van der Waals surface area contributed by atoms with Gasteiger partial charge in [-0.3, -0.25) is 14.4 Å². The normalized spacial score (nSPS) is 13.2. The van der Waals surface area contributed by atoms with Gasteiger partial charge in [-0.15, -0.1) is 0 Å². The van der Waals surface area contributed by atoms with E-state index in [0.717, 1.165) is 22.3 Å². The molecule has 0 aliphatic heterocycles. The van der Waals surface area contributed by atoms with Crippen molar-refractivity contribution < 1.29 is 33.8 Å². The molecule has 2 aromatic rings. The van der Waals surface area contributed by atoms with E-state index in [1.54, 1.807) is 13.8 Å². The van der Waals surface area contributed by atoms with Gasteiger partial charge >= 0.3 is 18.0 Å². The van der Waals surface area contributed by atoms with Crippen LogP contribution in [0.5, 0.6) is 0 Å². The maximum atomic E-state index is 12.7. The summed E-state index contributed by atoms with van der Waals surface area (Å²) in [4.78, 5) is 48.2. The average molecular weight is 483 g/mol. The maximum Gasteiger partial charge on any atom is 0.407 e. The van der Waals surface area contributed by atoms with Gasteiger partial charge in [-0.2, -0.15) is 0 Å². The van der Waals surface area contributed by atoms with Crippen LogP contribution in [0.15, 0.2) is 48.5 Å². The number of nitrogens with one attached hydrogen (secondary N) is 2. The molecule has 0 saturated heterocycles. The highest BCUT2D eigenvalue weighted by molar-refractivity contribution is 5.87. The molecule has 0 bridgehead atoms. The Bertz CT molecular complexity index is 1070. The molecular formula is C26H30N2O7. The van der Waals surface area contributed by atoms with Crippen LogP contribution in [0.25, 0.3) is 11.1 Å². The summed E-state index contributed by atoms with van der Waals surface area (Å²) in [6, 6.07) is 14.7. The zero-order valence-electron chi connectivity index (χ0n) is 20.0. The number of carbonyl (C=O) groups is 4. The van der Waals surface area contributed by atoms with Gasteiger partial charge < -0.3 is 25.2 Å². The molecule has 0 radical (unpaired) electrons. The number of benzene rings is 2. The molecule has 3 N–H and O–H groups in total. The number of hydrogen-bond acceptors (Lipinski definition) is 6. The van der Waals surface area contributed by atoms with Gasteiger partial charge in [-0.1, -0.05) is 48.5 Å². The highest BCUT2D eigenvalue weighted by Gasteiger charge is 2.32. The van der Waals surface area contributed by atoms with Crippen molar-refractivity contribution in [1.82, 2.24) is 10.6 Å². The fourth-order valence-electron chi connectivity index (χ4n) is 4.10. The molecule has 1 aliphatic rings. The minimum atomic E-state index is -1.14. The van der Waals surface area contributed by atoms with E-state index >= 15 is 0 Å². The number of ether oxygens (including phenoxy) is 2. The number of aliphatic carboxylic acids is 1. The molecule has 0 saturated carbocycles. The molecule has 35 heavy (non-hydrogen) atoms. The summed E-state index contributed by atoms with van der Waals surface area (Å²) < 4.78 is 10.2. The Kier molecular flexibility index (Phi) is 8.11. The molecular weight excluding hydrogens is 452 g/mol. The first-order chi connectivity index (χ1) is 16.6. The van der Waals surface area contributed by atoms with Gasteiger partial charge in [0.1, 0.15) is 12.6 Å². The third kappa shape index (κ3) is 6.17. The van der Waals surface area contributed by atoms with Gasteiger partial charge in [0.15, 0.2) is 0 Å². The lowest BCUT2D eigenvalue weighted by molar-refractivity contribution is -0.150. The van der Waals surface area contributed by atoms with Crippen molar-refractivity contribution in [2.75, 3.05) is 20.3 Å². The second-order valence-electron chi connectivity index (χ2n) is 9.05. The SMILES string of the molecule is COC(=O)C(C)(C)CNC(=O)C(CCC(=O)O)NC(=O)OCC1c2ccccc2-c2ccccc21. The smallest absolute Gasteiger partial charge is 0.407 e. The lowest BCUT2D eigenvalue weighted by atomic mass is 9.93. The molecule has 0 heterocycles. The summed E-state index contributed by atoms with van der Waals surface area (Å²) in [6.07, 6.45) is -1.30. The van der Waals surface area contributed by atoms with Crippen LogP contribution in [-0.2, 0) is 23.9 Å². The Balaban J connectivity index is 1.64. The van der Waals surface area contributed by atoms with Crippen LogP contribution < -0.4 is 10.6 Å². The van der Waals surface area contributed by atoms with Gasteiger partial charge in [0, 0.05) is 18.9 Å². The van der Waals surface area contributed by atoms with Crippen LogP contribution in [0.4, 0.5) is 4.79 Å². The van der Waals surface area contributed by atoms with Crippen LogP contribution in [-0.4, -0.2) is 55.3 Å². The molecule has 1 atom stereocenters. The average Bonchev–Trinajstić information content (AvgIpc) is 3.16. The molecule has 0 aromatic heterocycles. The van der Waals surface area contributed by atoms with Crippen molar-refractivity contribution in [2.45, 2.75) is 38.6 Å². The van der Waals surface area contributed by atoms with Crippen molar-refractivity contribution in [3.05, 3.63) is 59.7 Å². The van der Waals surface area contributed by atoms with E-state index in [0.29, 0.717) is 0 Å². The number of amides is 2. The third-order valence-corrected chi connectivity index (χ3v) is 6.04. The summed E-state index contributed by atoms with van der Waals surface area (Å²) in [5, 5.41) is 14.1. The topological polar surface area (TPSA) is 131 Å². The number of carboxylic acid groups (broad SMARTS) is 1. The summed E-state index contributed by atoms with van der Waals surface area (Å²) in [7, 11) is 1.25. The number of hydrogen-bond donors (Lipinski definition) is 3. The van der Waals surface area contributed by atoms with Crippen LogP contribution in [0, 0.1) is 5.41 Å². The zero-order chi connectivity index (χ0) is 25.6. The largest absolute Gasteiger partial charge is 0.481 e. The zero-order valence-corrected chi connectivity index (χ0v) is 20.0. The molecule has 1 unspecified atom stereocenters. The first-order valence-electron chi connectivity index (χ1n) is 11.3. The Morgan fingerprint density at radius 2 is 1.57 bits per heavy atom. The Morgan fingerprint density at radius 3 is 2.11 bits per heavy atom. The van der Waals surface area contributed by atoms with Gasteiger partial charge in [-0.25, -0.2) is 4.79 Å². The molecule has 9 heteroatoms. The van der Waals surface area contributed by atoms with E-state index in [2.05, 4.69) is 10.6 Å². The first-order valence-corrected chi connectivity index (χ1v) is 11.3. The van der Waals surface area contributed by atoms with Gasteiger partial charge in [0.2, 0.25) is 5.91 Å². The standard InChI is InChI=1S/C26H30N2O7/c1-26(2,24(32)34-3)15-27-23(31)21(12-13-22(29)30)28-25(33)35-14-20-18-10-6-4-8-16(18)17-9-5-7-11-19(17)20/h4-11,20-21H,12-15H2,1-3H3,(H,27,31)(H,28,33)(H,29,30). The van der Waals surface area contributed by atoms with Gasteiger partial charge in [-0.05, 0) is 42.5 Å². The first kappa shape index (κ1) is 25.7. The highest BCUT2D eigenvalue weighted by Crippen LogP contribution is 2.44. The molecule has 2 aromatic carbocycles. The van der Waals surface area contributed by atoms with E-state index in [1.165, 1.54) is 7.11 Å². The summed E-state index contributed by atoms with van der Waals surface area (Å²) in [5.41, 5.74) is 3.28. The fourth-order valence-corrected chi connectivity index (χ4v) is 4.10. The van der Waals surface area contributed by atoms with Crippen LogP contribution in [0.1, 0.15) is 43.7 Å². The number of alkyl carbamates (subject to hydrolysis) is 1. The summed E-state index contributed by atoms with van der Waals surface area (Å²) in [6.45, 7) is 3.21. The molecule has 1 aliphatic carbocycles. The number of esters is 1. The van der Waals surface area contributed by atoms with Crippen LogP contribution in [0.2, 0.25) is 0 Å². The second-order valence-corrected chi connectivity index (χ2v) is 9.05. The Labute approximate surface area is 203 Å². The predicted octanol–water partition coefficient (Wildman–Crippen LogP) is 3.07. The summed E-state index contributed by atoms with van der Waals surface area (Å²) >= 11 is 0. The predicted molar refractivity (Wildman–Crippen MR) is 128 cm³/mol. The Morgan fingerprint density at radius 1 is 1.00 bits per heavy atom. The number of carbonyl (C=O) groups excluding carboxylic acids is 3. The number of fused-ring (bicyclic) bond motifs is 3. The van der Waals surface area contributed by atoms with E-state index < -0.39 is 35.4 Å².